The van der Waals surface area contributed by atoms with Gasteiger partial charge in [0.25, 0.3) is 5.71 Å². The summed E-state index contributed by atoms with van der Waals surface area (Å²) in [5, 5.41) is 14.3. The van der Waals surface area contributed by atoms with Crippen molar-refractivity contribution in [3.63, 3.8) is 0 Å². The highest BCUT2D eigenvalue weighted by molar-refractivity contribution is 8.62. The van der Waals surface area contributed by atoms with Gasteiger partial charge >= 0.3 is 18.3 Å². The van der Waals surface area contributed by atoms with E-state index in [1.54, 1.807) is 7.05 Å². The number of fused-ring (bicyclic) bond motifs is 1. The van der Waals surface area contributed by atoms with E-state index in [0.717, 1.165) is 16.8 Å². The van der Waals surface area contributed by atoms with Crippen molar-refractivity contribution in [3.8, 4) is 0 Å². The van der Waals surface area contributed by atoms with Crippen LogP contribution in [0.3, 0.4) is 0 Å². The number of halogens is 1. The lowest BCUT2D eigenvalue weighted by Crippen LogP contribution is -2.25. The molecule has 1 heterocycles. The van der Waals surface area contributed by atoms with Gasteiger partial charge < -0.3 is 5.32 Å². The van der Waals surface area contributed by atoms with Crippen LogP contribution in [0.4, 0.5) is 5.69 Å². The van der Waals surface area contributed by atoms with Gasteiger partial charge in [-0.3, -0.25) is 19.3 Å². The Bertz CT molecular complexity index is 1150. The second kappa shape index (κ2) is 8.88. The van der Waals surface area contributed by atoms with Gasteiger partial charge in [-0.2, -0.15) is 16.8 Å². The van der Waals surface area contributed by atoms with Gasteiger partial charge in [0, 0.05) is 12.1 Å². The number of nitrogens with one attached hydrogen (secondary N) is 1. The number of amidine groups is 1. The number of benzene rings is 2. The molecular formula is C16H17ClN3O7S2+. The fraction of sp³-hybridized carbons (Fsp3) is 0.125. The molecule has 1 aliphatic heterocycles. The van der Waals surface area contributed by atoms with Crippen LogP contribution in [0.5, 0.6) is 0 Å². The topological polar surface area (TPSA) is 156 Å². The lowest BCUT2D eigenvalue weighted by atomic mass is 10.0. The van der Waals surface area contributed by atoms with Crippen molar-refractivity contribution in [2.45, 2.75) is 0 Å². The van der Waals surface area contributed by atoms with Crippen molar-refractivity contribution >= 4 is 47.1 Å². The molecule has 0 fully saturated rings. The van der Waals surface area contributed by atoms with Crippen LogP contribution in [0, 0.1) is 0 Å². The summed E-state index contributed by atoms with van der Waals surface area (Å²) in [6.07, 6.45) is 0. The molecule has 0 spiro atoms. The number of benzodiazepines with no additional fused rings is 1. The number of nitrogens with zero attached hydrogens (tertiary/aromatic N) is 2. The highest BCUT2D eigenvalue weighted by Gasteiger charge is 2.28. The zero-order chi connectivity index (χ0) is 21.8. The minimum Gasteiger partial charge on any atom is -0.338 e. The maximum Gasteiger partial charge on any atom is 0.397 e. The second-order valence-electron chi connectivity index (χ2n) is 5.61. The number of hydroxylamine groups is 1. The van der Waals surface area contributed by atoms with Gasteiger partial charge in [0.05, 0.1) is 16.8 Å². The first-order chi connectivity index (χ1) is 13.4. The van der Waals surface area contributed by atoms with Crippen LogP contribution in [0.15, 0.2) is 53.5 Å². The summed E-state index contributed by atoms with van der Waals surface area (Å²) in [6.45, 7) is 0.285. The van der Waals surface area contributed by atoms with E-state index in [4.69, 9.17) is 20.7 Å². The Morgan fingerprint density at radius 1 is 1.03 bits per heavy atom. The van der Waals surface area contributed by atoms with Crippen molar-refractivity contribution in [2.75, 3.05) is 18.9 Å². The molecule has 0 unspecified atom stereocenters. The van der Waals surface area contributed by atoms with E-state index in [0.29, 0.717) is 16.6 Å². The summed E-state index contributed by atoms with van der Waals surface area (Å²) in [5.74, 6) is 0.687. The predicted molar refractivity (Wildman–Crippen MR) is 108 cm³/mol. The van der Waals surface area contributed by atoms with Gasteiger partial charge in [0.2, 0.25) is 6.54 Å². The van der Waals surface area contributed by atoms with E-state index in [2.05, 4.69) is 10.3 Å². The molecule has 29 heavy (non-hydrogen) atoms. The molecule has 4 N–H and O–H groups in total. The van der Waals surface area contributed by atoms with Gasteiger partial charge in [0.1, 0.15) is 0 Å². The SMILES string of the molecule is CN=C1C[N+](O)=C(c2ccccc2)c2cc(Cl)ccc2N1.O=S(=O)(O)S(=O)(=O)O. The highest BCUT2D eigenvalue weighted by atomic mass is 35.5. The minimum absolute atomic E-state index is 0.285. The van der Waals surface area contributed by atoms with E-state index >= 15 is 0 Å². The zero-order valence-electron chi connectivity index (χ0n) is 14.9. The third-order valence-corrected chi connectivity index (χ3v) is 6.02. The fourth-order valence-electron chi connectivity index (χ4n) is 2.40. The quantitative estimate of drug-likeness (QED) is 0.227. The Kier molecular flexibility index (Phi) is 6.97. The van der Waals surface area contributed by atoms with Crippen LogP contribution in [-0.4, -0.2) is 61.0 Å². The largest absolute Gasteiger partial charge is 0.397 e. The smallest absolute Gasteiger partial charge is 0.338 e. The van der Waals surface area contributed by atoms with Crippen molar-refractivity contribution in [1.82, 2.24) is 0 Å². The molecule has 10 nitrogen and oxygen atoms in total. The molecule has 2 aromatic carbocycles. The summed E-state index contributed by atoms with van der Waals surface area (Å²) in [5.41, 5.74) is 3.34. The summed E-state index contributed by atoms with van der Waals surface area (Å²) in [4.78, 5) is 4.16. The number of hydrogen-bond acceptors (Lipinski definition) is 6. The molecule has 0 saturated carbocycles. The number of anilines is 1. The van der Waals surface area contributed by atoms with Gasteiger partial charge in [0.15, 0.2) is 5.84 Å². The fourth-order valence-corrected chi connectivity index (χ4v) is 2.58. The molecule has 1 aliphatic rings. The van der Waals surface area contributed by atoms with Crippen LogP contribution in [0.1, 0.15) is 11.1 Å². The molecule has 2 aromatic rings. The highest BCUT2D eigenvalue weighted by Crippen LogP contribution is 2.25. The Balaban J connectivity index is 0.000000321. The minimum atomic E-state index is -5.31. The first-order valence-electron chi connectivity index (χ1n) is 7.80. The third kappa shape index (κ3) is 5.74. The summed E-state index contributed by atoms with van der Waals surface area (Å²) in [6, 6.07) is 15.3. The summed E-state index contributed by atoms with van der Waals surface area (Å²) < 4.78 is 53.7. The Labute approximate surface area is 171 Å². The molecule has 0 radical (unpaired) electrons. The molecule has 0 atom stereocenters. The lowest BCUT2D eigenvalue weighted by Gasteiger charge is -2.07. The van der Waals surface area contributed by atoms with Crippen molar-refractivity contribution in [3.05, 3.63) is 64.7 Å². The molecule has 3 rings (SSSR count). The van der Waals surface area contributed by atoms with E-state index < -0.39 is 18.3 Å². The summed E-state index contributed by atoms with van der Waals surface area (Å²) in [7, 11) is -8.93. The average molecular weight is 463 g/mol. The first kappa shape index (κ1) is 22.8. The lowest BCUT2D eigenvalue weighted by molar-refractivity contribution is -0.764. The Morgan fingerprint density at radius 3 is 2.14 bits per heavy atom. The monoisotopic (exact) mass is 462 g/mol. The van der Waals surface area contributed by atoms with E-state index in [9.17, 15) is 22.0 Å². The Hall–Kier alpha value is -2.51. The van der Waals surface area contributed by atoms with Gasteiger partial charge in [-0.05, 0) is 35.1 Å². The molecule has 0 aromatic heterocycles. The maximum atomic E-state index is 10.5. The third-order valence-electron chi connectivity index (χ3n) is 3.66. The molecule has 0 amide bonds. The van der Waals surface area contributed by atoms with Crippen molar-refractivity contribution < 1.29 is 35.9 Å². The second-order valence-corrected chi connectivity index (χ2v) is 10.3. The number of hydrogen-bond donors (Lipinski definition) is 4. The molecular weight excluding hydrogens is 446 g/mol. The number of rotatable bonds is 2. The van der Waals surface area contributed by atoms with E-state index in [1.807, 2.05) is 48.5 Å². The molecule has 0 aliphatic carbocycles. The van der Waals surface area contributed by atoms with Crippen molar-refractivity contribution in [1.29, 1.82) is 0 Å². The summed E-state index contributed by atoms with van der Waals surface area (Å²) >= 11 is 6.13. The molecule has 0 bridgehead atoms. The van der Waals surface area contributed by atoms with E-state index in [1.165, 1.54) is 4.74 Å². The molecule has 13 heteroatoms. The van der Waals surface area contributed by atoms with E-state index in [-0.39, 0.29) is 6.54 Å². The van der Waals surface area contributed by atoms with Gasteiger partial charge in [-0.15, -0.1) is 0 Å². The Morgan fingerprint density at radius 2 is 1.62 bits per heavy atom. The van der Waals surface area contributed by atoms with Gasteiger partial charge in [-0.25, -0.2) is 0 Å². The van der Waals surface area contributed by atoms with Crippen LogP contribution in [0.2, 0.25) is 5.02 Å². The van der Waals surface area contributed by atoms with Crippen molar-refractivity contribution in [2.24, 2.45) is 4.99 Å². The standard InChI is InChI=1S/C16H14ClN3O.H2O6S2/c1-18-15-10-20(21)16(11-5-3-2-4-6-11)13-9-12(17)7-8-14(13)19-15;1-7(2,3)8(4,5)6/h2-9,21H,10H2,1H3;(H,1,2,3)(H,4,5,6)/p+1. The van der Waals surface area contributed by atoms with Crippen LogP contribution >= 0.6 is 11.6 Å². The van der Waals surface area contributed by atoms with Crippen LogP contribution in [0.25, 0.3) is 0 Å². The molecule has 156 valence electrons. The molecule has 0 saturated heterocycles. The number of aliphatic imine (C=N–C) groups is 1. The maximum absolute atomic E-state index is 10.5. The average Bonchev–Trinajstić information content (AvgIpc) is 2.76. The normalized spacial score (nSPS) is 15.7. The zero-order valence-corrected chi connectivity index (χ0v) is 17.3. The predicted octanol–water partition coefficient (Wildman–Crippen LogP) is 1.71. The van der Waals surface area contributed by atoms with Gasteiger partial charge in [-0.1, -0.05) is 29.8 Å². The first-order valence-corrected chi connectivity index (χ1v) is 11.6. The van der Waals surface area contributed by atoms with Crippen LogP contribution in [-0.2, 0) is 18.3 Å². The van der Waals surface area contributed by atoms with Crippen LogP contribution < -0.4 is 5.32 Å².